The fourth-order valence-electron chi connectivity index (χ4n) is 1.66. The van der Waals surface area contributed by atoms with Crippen LogP contribution < -0.4 is 15.2 Å². The zero-order chi connectivity index (χ0) is 13.5. The second-order valence-corrected chi connectivity index (χ2v) is 4.21. The van der Waals surface area contributed by atoms with Crippen LogP contribution in [-0.4, -0.2) is 6.61 Å². The molecule has 2 aromatic rings. The largest absolute Gasteiger partial charge is 0.490 e. The lowest BCUT2D eigenvalue weighted by Gasteiger charge is -2.11. The van der Waals surface area contributed by atoms with Crippen LogP contribution >= 0.6 is 0 Å². The Morgan fingerprint density at radius 3 is 2.53 bits per heavy atom. The Bertz CT molecular complexity index is 508. The maximum absolute atomic E-state index is 5.72. The van der Waals surface area contributed by atoms with Gasteiger partial charge in [-0.2, -0.15) is 0 Å². The number of benzene rings is 1. The number of rotatable bonds is 7. The molecule has 0 aliphatic rings. The van der Waals surface area contributed by atoms with Crippen LogP contribution in [0, 0.1) is 0 Å². The molecule has 0 bridgehead atoms. The molecule has 0 aliphatic heterocycles. The SMILES string of the molecule is CCCOc1ccccc1OCc1cc(CN)co1. The molecule has 0 aliphatic carbocycles. The molecule has 1 aromatic heterocycles. The van der Waals surface area contributed by atoms with Gasteiger partial charge < -0.3 is 19.6 Å². The van der Waals surface area contributed by atoms with Crippen molar-refractivity contribution in [1.29, 1.82) is 0 Å². The van der Waals surface area contributed by atoms with E-state index in [2.05, 4.69) is 6.92 Å². The molecular formula is C15H19NO3. The summed E-state index contributed by atoms with van der Waals surface area (Å²) in [5, 5.41) is 0. The Morgan fingerprint density at radius 2 is 1.89 bits per heavy atom. The number of hydrogen-bond donors (Lipinski definition) is 1. The molecule has 0 radical (unpaired) electrons. The normalized spacial score (nSPS) is 10.4. The molecule has 0 unspecified atom stereocenters. The summed E-state index contributed by atoms with van der Waals surface area (Å²) in [7, 11) is 0. The maximum Gasteiger partial charge on any atom is 0.161 e. The quantitative estimate of drug-likeness (QED) is 0.832. The van der Waals surface area contributed by atoms with Crippen molar-refractivity contribution in [3.05, 3.63) is 47.9 Å². The lowest BCUT2D eigenvalue weighted by Crippen LogP contribution is -2.00. The molecule has 0 fully saturated rings. The van der Waals surface area contributed by atoms with Gasteiger partial charge in [0.25, 0.3) is 0 Å². The van der Waals surface area contributed by atoms with Crippen molar-refractivity contribution >= 4 is 0 Å². The van der Waals surface area contributed by atoms with Crippen LogP contribution in [0.4, 0.5) is 0 Å². The van der Waals surface area contributed by atoms with Crippen LogP contribution in [0.5, 0.6) is 11.5 Å². The summed E-state index contributed by atoms with van der Waals surface area (Å²) in [5.41, 5.74) is 6.50. The predicted molar refractivity (Wildman–Crippen MR) is 73.2 cm³/mol. The molecular weight excluding hydrogens is 242 g/mol. The molecule has 19 heavy (non-hydrogen) atoms. The zero-order valence-corrected chi connectivity index (χ0v) is 11.1. The summed E-state index contributed by atoms with van der Waals surface area (Å²) in [6.07, 6.45) is 2.62. The third-order valence-corrected chi connectivity index (χ3v) is 2.62. The van der Waals surface area contributed by atoms with Crippen molar-refractivity contribution in [2.75, 3.05) is 6.61 Å². The van der Waals surface area contributed by atoms with Crippen LogP contribution in [0.1, 0.15) is 24.7 Å². The average molecular weight is 261 g/mol. The second kappa shape index (κ2) is 6.85. The van der Waals surface area contributed by atoms with Crippen molar-refractivity contribution in [1.82, 2.24) is 0 Å². The van der Waals surface area contributed by atoms with Crippen LogP contribution in [0.15, 0.2) is 41.0 Å². The third-order valence-electron chi connectivity index (χ3n) is 2.62. The maximum atomic E-state index is 5.72. The van der Waals surface area contributed by atoms with E-state index in [0.717, 1.165) is 29.2 Å². The third kappa shape index (κ3) is 3.76. The topological polar surface area (TPSA) is 57.6 Å². The number of furan rings is 1. The standard InChI is InChI=1S/C15H19NO3/c1-2-7-17-14-5-3-4-6-15(14)19-11-13-8-12(9-16)10-18-13/h3-6,8,10H,2,7,9,11,16H2,1H3. The van der Waals surface area contributed by atoms with Gasteiger partial charge in [0.1, 0.15) is 12.4 Å². The van der Waals surface area contributed by atoms with E-state index in [9.17, 15) is 0 Å². The summed E-state index contributed by atoms with van der Waals surface area (Å²) in [4.78, 5) is 0. The minimum Gasteiger partial charge on any atom is -0.490 e. The molecule has 0 atom stereocenters. The fourth-order valence-corrected chi connectivity index (χ4v) is 1.66. The molecule has 4 nitrogen and oxygen atoms in total. The van der Waals surface area contributed by atoms with E-state index in [-0.39, 0.29) is 0 Å². The van der Waals surface area contributed by atoms with Crippen LogP contribution in [0.2, 0.25) is 0 Å². The highest BCUT2D eigenvalue weighted by Crippen LogP contribution is 2.27. The Labute approximate surface area is 113 Å². The molecule has 1 heterocycles. The summed E-state index contributed by atoms with van der Waals surface area (Å²) in [6, 6.07) is 9.53. The molecule has 1 aromatic carbocycles. The van der Waals surface area contributed by atoms with Gasteiger partial charge in [-0.1, -0.05) is 19.1 Å². The Hall–Kier alpha value is -1.94. The first-order valence-corrected chi connectivity index (χ1v) is 6.44. The van der Waals surface area contributed by atoms with Gasteiger partial charge in [0.2, 0.25) is 0 Å². The van der Waals surface area contributed by atoms with E-state index >= 15 is 0 Å². The minimum absolute atomic E-state index is 0.368. The van der Waals surface area contributed by atoms with E-state index < -0.39 is 0 Å². The second-order valence-electron chi connectivity index (χ2n) is 4.21. The van der Waals surface area contributed by atoms with Crippen LogP contribution in [0.3, 0.4) is 0 Å². The number of ether oxygens (including phenoxy) is 2. The molecule has 102 valence electrons. The van der Waals surface area contributed by atoms with Crippen LogP contribution in [0.25, 0.3) is 0 Å². The Morgan fingerprint density at radius 1 is 1.16 bits per heavy atom. The fraction of sp³-hybridized carbons (Fsp3) is 0.333. The first kappa shape index (κ1) is 13.5. The van der Waals surface area contributed by atoms with Crippen molar-refractivity contribution in [3.8, 4) is 11.5 Å². The van der Waals surface area contributed by atoms with Crippen molar-refractivity contribution in [2.24, 2.45) is 5.73 Å². The molecule has 0 amide bonds. The lowest BCUT2D eigenvalue weighted by atomic mass is 10.3. The van der Waals surface area contributed by atoms with E-state index in [1.54, 1.807) is 6.26 Å². The number of hydrogen-bond acceptors (Lipinski definition) is 4. The summed E-state index contributed by atoms with van der Waals surface area (Å²) in [5.74, 6) is 2.24. The lowest BCUT2D eigenvalue weighted by molar-refractivity contribution is 0.243. The van der Waals surface area contributed by atoms with E-state index in [1.165, 1.54) is 0 Å². The van der Waals surface area contributed by atoms with Gasteiger partial charge in [0.15, 0.2) is 11.5 Å². The van der Waals surface area contributed by atoms with Crippen LogP contribution in [-0.2, 0) is 13.2 Å². The highest BCUT2D eigenvalue weighted by molar-refractivity contribution is 5.39. The van der Waals surface area contributed by atoms with Gasteiger partial charge in [-0.25, -0.2) is 0 Å². The molecule has 2 rings (SSSR count). The number of nitrogens with two attached hydrogens (primary N) is 1. The van der Waals surface area contributed by atoms with E-state index in [1.807, 2.05) is 30.3 Å². The Balaban J connectivity index is 1.98. The smallest absolute Gasteiger partial charge is 0.161 e. The zero-order valence-electron chi connectivity index (χ0n) is 11.1. The summed E-state index contributed by atoms with van der Waals surface area (Å²) < 4.78 is 16.7. The van der Waals surface area contributed by atoms with Crippen molar-refractivity contribution < 1.29 is 13.9 Å². The number of para-hydroxylation sites is 2. The van der Waals surface area contributed by atoms with Gasteiger partial charge in [0.05, 0.1) is 12.9 Å². The van der Waals surface area contributed by atoms with Crippen molar-refractivity contribution in [2.45, 2.75) is 26.5 Å². The highest BCUT2D eigenvalue weighted by Gasteiger charge is 2.06. The van der Waals surface area contributed by atoms with Gasteiger partial charge in [0, 0.05) is 12.1 Å². The van der Waals surface area contributed by atoms with E-state index in [4.69, 9.17) is 19.6 Å². The highest BCUT2D eigenvalue weighted by atomic mass is 16.5. The van der Waals surface area contributed by atoms with Gasteiger partial charge in [-0.3, -0.25) is 0 Å². The van der Waals surface area contributed by atoms with Crippen molar-refractivity contribution in [3.63, 3.8) is 0 Å². The molecule has 4 heteroatoms. The van der Waals surface area contributed by atoms with Gasteiger partial charge >= 0.3 is 0 Å². The first-order chi connectivity index (χ1) is 9.33. The predicted octanol–water partition coefficient (Wildman–Crippen LogP) is 3.11. The molecule has 2 N–H and O–H groups in total. The average Bonchev–Trinajstić information content (AvgIpc) is 2.91. The van der Waals surface area contributed by atoms with Gasteiger partial charge in [-0.15, -0.1) is 0 Å². The molecule has 0 saturated heterocycles. The molecule has 0 saturated carbocycles. The summed E-state index contributed by atoms with van der Waals surface area (Å²) >= 11 is 0. The van der Waals surface area contributed by atoms with E-state index in [0.29, 0.717) is 19.8 Å². The summed E-state index contributed by atoms with van der Waals surface area (Å²) in [6.45, 7) is 3.59. The molecule has 0 spiro atoms. The van der Waals surface area contributed by atoms with Gasteiger partial charge in [-0.05, 0) is 24.6 Å². The first-order valence-electron chi connectivity index (χ1n) is 6.44. The monoisotopic (exact) mass is 261 g/mol. The Kier molecular flexibility index (Phi) is 4.86. The minimum atomic E-state index is 0.368.